The fourth-order valence-electron chi connectivity index (χ4n) is 4.01. The van der Waals surface area contributed by atoms with Gasteiger partial charge in [-0.15, -0.1) is 0 Å². The number of nitrogens with zero attached hydrogens (tertiary/aromatic N) is 4. The third kappa shape index (κ3) is 4.58. The quantitative estimate of drug-likeness (QED) is 0.374. The van der Waals surface area contributed by atoms with Crippen LogP contribution in [0.5, 0.6) is 5.75 Å². The van der Waals surface area contributed by atoms with Crippen LogP contribution in [-0.4, -0.2) is 32.7 Å². The third-order valence-corrected chi connectivity index (χ3v) is 5.86. The predicted octanol–water partition coefficient (Wildman–Crippen LogP) is 4.00. The lowest BCUT2D eigenvalue weighted by molar-refractivity contribution is -0.122. The van der Waals surface area contributed by atoms with Gasteiger partial charge >= 0.3 is 0 Å². The number of hydrogen-bond acceptors (Lipinski definition) is 7. The van der Waals surface area contributed by atoms with Crippen molar-refractivity contribution in [3.05, 3.63) is 94.9 Å². The number of fused-ring (bicyclic) bond motifs is 1. The molecule has 1 amide bonds. The molecule has 0 fully saturated rings. The summed E-state index contributed by atoms with van der Waals surface area (Å²) in [5.74, 6) is 0.983. The summed E-state index contributed by atoms with van der Waals surface area (Å²) in [4.78, 5) is 34.7. The smallest absolute Gasteiger partial charge is 0.259 e. The fourth-order valence-corrected chi connectivity index (χ4v) is 4.01. The van der Waals surface area contributed by atoms with E-state index in [1.165, 1.54) is 10.6 Å². The van der Waals surface area contributed by atoms with E-state index >= 15 is 0 Å². The van der Waals surface area contributed by atoms with Crippen molar-refractivity contribution in [2.24, 2.45) is 0 Å². The first-order valence-electron chi connectivity index (χ1n) is 11.3. The average molecular weight is 482 g/mol. The Bertz CT molecular complexity index is 1580. The summed E-state index contributed by atoms with van der Waals surface area (Å²) in [6, 6.07) is 21.3. The number of aromatic nitrogens is 4. The van der Waals surface area contributed by atoms with Crippen LogP contribution >= 0.6 is 0 Å². The Hall–Kier alpha value is -4.79. The number of nitrogens with one attached hydrogen (secondary N) is 1. The van der Waals surface area contributed by atoms with E-state index < -0.39 is 0 Å². The molecule has 3 aromatic heterocycles. The zero-order chi connectivity index (χ0) is 25.1. The number of pyridine rings is 2. The molecular weight excluding hydrogens is 458 g/mol. The van der Waals surface area contributed by atoms with Gasteiger partial charge in [0.2, 0.25) is 11.7 Å². The minimum absolute atomic E-state index is 0.136. The molecule has 0 saturated carbocycles. The lowest BCUT2D eigenvalue weighted by atomic mass is 10.1. The van der Waals surface area contributed by atoms with Crippen LogP contribution in [0.15, 0.2) is 88.3 Å². The standard InChI is InChI=1S/C27H23N5O4/c1-17(18-10-12-19(35-2)13-11-18)29-24(33)16-32-23-9-4-3-7-20(23)21(15-25(32)34)27-30-26(31-36-27)22-8-5-6-14-28-22/h3-15,17H,16H2,1-2H3,(H,29,33)/t17-/m1/s1. The van der Waals surface area contributed by atoms with Gasteiger partial charge in [0.25, 0.3) is 11.4 Å². The second-order valence-corrected chi connectivity index (χ2v) is 8.20. The molecule has 0 aliphatic rings. The Kier molecular flexibility index (Phi) is 6.27. The van der Waals surface area contributed by atoms with Crippen LogP contribution in [0.1, 0.15) is 18.5 Å². The Morgan fingerprint density at radius 1 is 1.08 bits per heavy atom. The van der Waals surface area contributed by atoms with Crippen molar-refractivity contribution in [2.45, 2.75) is 19.5 Å². The average Bonchev–Trinajstić information content (AvgIpc) is 3.41. The summed E-state index contributed by atoms with van der Waals surface area (Å²) >= 11 is 0. The second-order valence-electron chi connectivity index (χ2n) is 8.20. The van der Waals surface area contributed by atoms with Crippen molar-refractivity contribution < 1.29 is 14.1 Å². The van der Waals surface area contributed by atoms with E-state index in [4.69, 9.17) is 9.26 Å². The van der Waals surface area contributed by atoms with Gasteiger partial charge in [0.05, 0.1) is 24.2 Å². The summed E-state index contributed by atoms with van der Waals surface area (Å²) < 4.78 is 12.1. The molecule has 0 spiro atoms. The van der Waals surface area contributed by atoms with Crippen molar-refractivity contribution in [1.29, 1.82) is 0 Å². The molecule has 36 heavy (non-hydrogen) atoms. The zero-order valence-electron chi connectivity index (χ0n) is 19.7. The van der Waals surface area contributed by atoms with Gasteiger partial charge in [0.1, 0.15) is 18.0 Å². The lowest BCUT2D eigenvalue weighted by Crippen LogP contribution is -2.34. The van der Waals surface area contributed by atoms with E-state index in [0.29, 0.717) is 28.0 Å². The zero-order valence-corrected chi connectivity index (χ0v) is 19.7. The van der Waals surface area contributed by atoms with Crippen molar-refractivity contribution in [3.8, 4) is 28.7 Å². The first kappa shape index (κ1) is 23.0. The number of carbonyl (C=O) groups excluding carboxylic acids is 1. The number of rotatable bonds is 7. The van der Waals surface area contributed by atoms with Gasteiger partial charge in [-0.1, -0.05) is 41.6 Å². The van der Waals surface area contributed by atoms with Crippen molar-refractivity contribution in [2.75, 3.05) is 7.11 Å². The molecule has 0 bridgehead atoms. The molecule has 5 aromatic rings. The van der Waals surface area contributed by atoms with Crippen LogP contribution in [-0.2, 0) is 11.3 Å². The van der Waals surface area contributed by atoms with Crippen LogP contribution in [0.4, 0.5) is 0 Å². The van der Waals surface area contributed by atoms with Gasteiger partial charge in [-0.2, -0.15) is 4.98 Å². The van der Waals surface area contributed by atoms with E-state index in [-0.39, 0.29) is 29.9 Å². The number of methoxy groups -OCH3 is 1. The molecule has 5 rings (SSSR count). The molecule has 3 heterocycles. The van der Waals surface area contributed by atoms with Gasteiger partial charge in [0.15, 0.2) is 0 Å². The SMILES string of the molecule is COc1ccc([C@@H](C)NC(=O)Cn2c(=O)cc(-c3nc(-c4ccccn4)no3)c3ccccc32)cc1. The minimum atomic E-state index is -0.353. The maximum atomic E-state index is 13.1. The van der Waals surface area contributed by atoms with Gasteiger partial charge in [-0.3, -0.25) is 19.1 Å². The number of para-hydroxylation sites is 1. The van der Waals surface area contributed by atoms with Gasteiger partial charge in [-0.05, 0) is 42.8 Å². The molecule has 9 heteroatoms. The molecule has 0 unspecified atom stereocenters. The predicted molar refractivity (Wildman–Crippen MR) is 134 cm³/mol. The van der Waals surface area contributed by atoms with Gasteiger partial charge < -0.3 is 14.6 Å². The van der Waals surface area contributed by atoms with E-state index in [1.807, 2.05) is 55.5 Å². The maximum Gasteiger partial charge on any atom is 0.259 e. The number of amides is 1. The van der Waals surface area contributed by atoms with E-state index in [0.717, 1.165) is 11.3 Å². The molecular formula is C27H23N5O4. The first-order chi connectivity index (χ1) is 17.5. The maximum absolute atomic E-state index is 13.1. The number of benzene rings is 2. The first-order valence-corrected chi connectivity index (χ1v) is 11.3. The Balaban J connectivity index is 1.43. The van der Waals surface area contributed by atoms with Crippen molar-refractivity contribution in [3.63, 3.8) is 0 Å². The summed E-state index contributed by atoms with van der Waals surface area (Å²) in [5.41, 5.74) is 2.22. The fraction of sp³-hybridized carbons (Fsp3) is 0.148. The molecule has 1 atom stereocenters. The van der Waals surface area contributed by atoms with E-state index in [9.17, 15) is 9.59 Å². The molecule has 0 aliphatic carbocycles. The minimum Gasteiger partial charge on any atom is -0.497 e. The van der Waals surface area contributed by atoms with E-state index in [1.54, 1.807) is 31.5 Å². The van der Waals surface area contributed by atoms with Crippen LogP contribution in [0, 0.1) is 0 Å². The third-order valence-electron chi connectivity index (χ3n) is 5.86. The molecule has 0 saturated heterocycles. The highest BCUT2D eigenvalue weighted by molar-refractivity contribution is 5.93. The Labute approximate surface area is 206 Å². The van der Waals surface area contributed by atoms with Crippen LogP contribution in [0.2, 0.25) is 0 Å². The monoisotopic (exact) mass is 481 g/mol. The summed E-state index contributed by atoms with van der Waals surface area (Å²) in [5, 5.41) is 7.68. The highest BCUT2D eigenvalue weighted by Gasteiger charge is 2.19. The number of hydrogen-bond donors (Lipinski definition) is 1. The summed E-state index contributed by atoms with van der Waals surface area (Å²) in [6.07, 6.45) is 1.64. The van der Waals surface area contributed by atoms with Crippen LogP contribution in [0.25, 0.3) is 33.9 Å². The summed E-state index contributed by atoms with van der Waals surface area (Å²) in [7, 11) is 1.60. The highest BCUT2D eigenvalue weighted by atomic mass is 16.5. The van der Waals surface area contributed by atoms with E-state index in [2.05, 4.69) is 20.4 Å². The van der Waals surface area contributed by atoms with Crippen molar-refractivity contribution >= 4 is 16.8 Å². The topological polar surface area (TPSA) is 112 Å². The molecule has 0 aliphatic heterocycles. The van der Waals surface area contributed by atoms with Gasteiger partial charge in [-0.25, -0.2) is 0 Å². The van der Waals surface area contributed by atoms with Crippen LogP contribution < -0.4 is 15.6 Å². The highest BCUT2D eigenvalue weighted by Crippen LogP contribution is 2.27. The Morgan fingerprint density at radius 2 is 1.86 bits per heavy atom. The number of ether oxygens (including phenoxy) is 1. The molecule has 180 valence electrons. The number of carbonyl (C=O) groups is 1. The van der Waals surface area contributed by atoms with Crippen molar-refractivity contribution in [1.82, 2.24) is 25.0 Å². The second kappa shape index (κ2) is 9.83. The molecule has 2 aromatic carbocycles. The van der Waals surface area contributed by atoms with Crippen LogP contribution in [0.3, 0.4) is 0 Å². The lowest BCUT2D eigenvalue weighted by Gasteiger charge is -2.17. The molecule has 1 N–H and O–H groups in total. The van der Waals surface area contributed by atoms with Gasteiger partial charge in [0, 0.05) is 17.6 Å². The molecule has 0 radical (unpaired) electrons. The largest absolute Gasteiger partial charge is 0.497 e. The normalized spacial score (nSPS) is 11.8. The molecule has 9 nitrogen and oxygen atoms in total. The Morgan fingerprint density at radius 3 is 2.61 bits per heavy atom. The summed E-state index contributed by atoms with van der Waals surface area (Å²) in [6.45, 7) is 1.75.